The van der Waals surface area contributed by atoms with Crippen molar-refractivity contribution < 1.29 is 44.4 Å². The largest absolute Gasteiger partial charge is 0.452 e. The second-order valence-electron chi connectivity index (χ2n) is 11.3. The Morgan fingerprint density at radius 2 is 1.38 bits per heavy atom. The van der Waals surface area contributed by atoms with Crippen LogP contribution in [-0.4, -0.2) is 51.3 Å². The standard InChI is InChI=1S/C33H31F3N4O8S2/c1-21(2)29(30(42)33(34,35)36)37-28(41)20-39-25(23-13-6-4-7-14-23)18-19-26(31(39)43)40(50(47,48)24-15-8-5-9-16-24)32(44)38-49(45,46)27-17-11-10-12-22(27)3/h4-19,21,29H,20H2,1-3H3,(H,37,41)(H,38,44). The Balaban J connectivity index is 1.90. The molecule has 1 unspecified atom stereocenters. The van der Waals surface area contributed by atoms with Crippen LogP contribution < -0.4 is 19.9 Å². The molecule has 1 aromatic heterocycles. The van der Waals surface area contributed by atoms with Crippen LogP contribution in [0.3, 0.4) is 0 Å². The lowest BCUT2D eigenvalue weighted by molar-refractivity contribution is -0.174. The zero-order valence-corrected chi connectivity index (χ0v) is 28.3. The Bertz CT molecular complexity index is 2190. The van der Waals surface area contributed by atoms with Crippen molar-refractivity contribution in [1.82, 2.24) is 14.6 Å². The van der Waals surface area contributed by atoms with Crippen LogP contribution >= 0.6 is 0 Å². The van der Waals surface area contributed by atoms with Crippen molar-refractivity contribution in [3.63, 3.8) is 0 Å². The first-order valence-electron chi connectivity index (χ1n) is 14.8. The van der Waals surface area contributed by atoms with E-state index in [9.17, 15) is 49.2 Å². The molecule has 12 nitrogen and oxygen atoms in total. The van der Waals surface area contributed by atoms with Crippen LogP contribution in [-0.2, 0) is 36.2 Å². The highest BCUT2D eigenvalue weighted by Crippen LogP contribution is 2.26. The molecule has 50 heavy (non-hydrogen) atoms. The molecular formula is C33H31F3N4O8S2. The molecule has 1 heterocycles. The summed E-state index contributed by atoms with van der Waals surface area (Å²) in [6.45, 7) is 2.95. The number of pyridine rings is 1. The number of hydrogen-bond acceptors (Lipinski definition) is 8. The lowest BCUT2D eigenvalue weighted by Gasteiger charge is -2.25. The SMILES string of the molecule is Cc1ccccc1S(=O)(=O)NC(=O)N(c1ccc(-c2ccccc2)n(CC(=O)NC(C(=O)C(F)(F)F)C(C)C)c1=O)S(=O)(=O)c1ccccc1. The molecule has 0 spiro atoms. The number of anilines is 1. The summed E-state index contributed by atoms with van der Waals surface area (Å²) < 4.78 is 96.8. The number of ketones is 1. The van der Waals surface area contributed by atoms with Gasteiger partial charge in [-0.2, -0.15) is 17.5 Å². The number of aryl methyl sites for hydroxylation is 1. The first-order valence-corrected chi connectivity index (χ1v) is 17.7. The van der Waals surface area contributed by atoms with E-state index < -0.39 is 78.6 Å². The van der Waals surface area contributed by atoms with Gasteiger partial charge in [-0.05, 0) is 54.3 Å². The van der Waals surface area contributed by atoms with E-state index in [2.05, 4.69) is 0 Å². The fourth-order valence-electron chi connectivity index (χ4n) is 4.93. The molecule has 0 fully saturated rings. The molecule has 0 saturated carbocycles. The maximum absolute atomic E-state index is 14.2. The molecule has 2 N–H and O–H groups in total. The van der Waals surface area contributed by atoms with Crippen LogP contribution in [0.4, 0.5) is 23.7 Å². The number of urea groups is 1. The predicted octanol–water partition coefficient (Wildman–Crippen LogP) is 4.39. The van der Waals surface area contributed by atoms with Crippen molar-refractivity contribution in [2.45, 2.75) is 49.3 Å². The maximum Gasteiger partial charge on any atom is 0.452 e. The van der Waals surface area contributed by atoms with E-state index in [1.54, 1.807) is 22.9 Å². The fraction of sp³-hybridized carbons (Fsp3) is 0.212. The third-order valence-electron chi connectivity index (χ3n) is 7.36. The molecule has 0 radical (unpaired) electrons. The van der Waals surface area contributed by atoms with Gasteiger partial charge in [0.05, 0.1) is 21.5 Å². The molecule has 4 aromatic rings. The zero-order valence-electron chi connectivity index (χ0n) is 26.7. The summed E-state index contributed by atoms with van der Waals surface area (Å²) in [7, 11) is -9.77. The minimum absolute atomic E-state index is 0.0252. The number of sulfonamides is 2. The van der Waals surface area contributed by atoms with E-state index >= 15 is 0 Å². The molecule has 1 atom stereocenters. The summed E-state index contributed by atoms with van der Waals surface area (Å²) in [6.07, 6.45) is -5.29. The molecular weight excluding hydrogens is 702 g/mol. The Morgan fingerprint density at radius 1 is 0.820 bits per heavy atom. The lowest BCUT2D eigenvalue weighted by atomic mass is 9.99. The number of aromatic nitrogens is 1. The van der Waals surface area contributed by atoms with Gasteiger partial charge in [0.25, 0.3) is 31.4 Å². The van der Waals surface area contributed by atoms with E-state index in [1.807, 2.05) is 5.32 Å². The van der Waals surface area contributed by atoms with E-state index in [-0.39, 0.29) is 20.5 Å². The summed E-state index contributed by atoms with van der Waals surface area (Å²) in [4.78, 5) is 52.4. The Hall–Kier alpha value is -5.29. The van der Waals surface area contributed by atoms with Gasteiger partial charge in [-0.25, -0.2) is 26.4 Å². The molecule has 0 bridgehead atoms. The molecule has 0 aliphatic carbocycles. The summed E-state index contributed by atoms with van der Waals surface area (Å²) in [5.41, 5.74) is -1.74. The molecule has 0 aliphatic rings. The number of Topliss-reactive ketones (excluding diaryl/α,β-unsaturated/α-hetero) is 1. The predicted molar refractivity (Wildman–Crippen MR) is 177 cm³/mol. The minimum atomic E-state index is -5.29. The number of hydrogen-bond donors (Lipinski definition) is 2. The van der Waals surface area contributed by atoms with Crippen LogP contribution in [0.5, 0.6) is 0 Å². The number of alkyl halides is 3. The normalized spacial score (nSPS) is 12.6. The van der Waals surface area contributed by atoms with Gasteiger partial charge in [0.2, 0.25) is 5.91 Å². The van der Waals surface area contributed by atoms with Gasteiger partial charge in [-0.3, -0.25) is 19.0 Å². The van der Waals surface area contributed by atoms with Gasteiger partial charge in [-0.1, -0.05) is 80.6 Å². The van der Waals surface area contributed by atoms with Gasteiger partial charge in [0.1, 0.15) is 12.2 Å². The molecule has 264 valence electrons. The Kier molecular flexibility index (Phi) is 11.0. The van der Waals surface area contributed by atoms with Gasteiger partial charge >= 0.3 is 12.2 Å². The van der Waals surface area contributed by atoms with Gasteiger partial charge < -0.3 is 5.32 Å². The number of nitrogens with one attached hydrogen (secondary N) is 2. The number of halogens is 3. The topological polar surface area (TPSA) is 169 Å². The van der Waals surface area contributed by atoms with Crippen LogP contribution in [0, 0.1) is 12.8 Å². The number of carbonyl (C=O) groups is 3. The molecule has 3 amide bonds. The number of nitrogens with zero attached hydrogens (tertiary/aromatic N) is 2. The fourth-order valence-corrected chi connectivity index (χ4v) is 7.54. The molecule has 0 aliphatic heterocycles. The van der Waals surface area contributed by atoms with Gasteiger partial charge in [0.15, 0.2) is 0 Å². The van der Waals surface area contributed by atoms with Crippen molar-refractivity contribution >= 4 is 43.5 Å². The molecule has 4 rings (SSSR count). The average molecular weight is 733 g/mol. The zero-order chi connectivity index (χ0) is 37.0. The number of rotatable bonds is 11. The third-order valence-corrected chi connectivity index (χ3v) is 10.6. The molecule has 0 saturated heterocycles. The average Bonchev–Trinajstić information content (AvgIpc) is 3.05. The second-order valence-corrected chi connectivity index (χ2v) is 14.7. The Labute approximate surface area is 285 Å². The highest BCUT2D eigenvalue weighted by Gasteiger charge is 2.45. The number of amides is 3. The van der Waals surface area contributed by atoms with Gasteiger partial charge in [-0.15, -0.1) is 0 Å². The van der Waals surface area contributed by atoms with Crippen molar-refractivity contribution in [3.8, 4) is 11.3 Å². The van der Waals surface area contributed by atoms with Gasteiger partial charge in [0, 0.05) is 0 Å². The molecule has 3 aromatic carbocycles. The number of benzene rings is 3. The summed E-state index contributed by atoms with van der Waals surface area (Å²) in [5.74, 6) is -4.46. The third kappa shape index (κ3) is 8.11. The van der Waals surface area contributed by atoms with Crippen molar-refractivity contribution in [3.05, 3.63) is 113 Å². The van der Waals surface area contributed by atoms with Crippen molar-refractivity contribution in [2.75, 3.05) is 4.31 Å². The second kappa shape index (κ2) is 14.7. The van der Waals surface area contributed by atoms with Crippen molar-refractivity contribution in [2.24, 2.45) is 5.92 Å². The van der Waals surface area contributed by atoms with Crippen LogP contribution in [0.15, 0.2) is 112 Å². The Morgan fingerprint density at radius 3 is 1.94 bits per heavy atom. The van der Waals surface area contributed by atoms with E-state index in [0.29, 0.717) is 10.1 Å². The summed E-state index contributed by atoms with van der Waals surface area (Å²) in [6, 6.07) is 18.0. The van der Waals surface area contributed by atoms with Crippen LogP contribution in [0.25, 0.3) is 11.3 Å². The highest BCUT2D eigenvalue weighted by molar-refractivity contribution is 7.94. The monoisotopic (exact) mass is 732 g/mol. The summed E-state index contributed by atoms with van der Waals surface area (Å²) in [5, 5.41) is 2.00. The van der Waals surface area contributed by atoms with Crippen LogP contribution in [0.1, 0.15) is 19.4 Å². The quantitative estimate of drug-likeness (QED) is 0.229. The number of carbonyl (C=O) groups excluding carboxylic acids is 3. The van der Waals surface area contributed by atoms with E-state index in [4.69, 9.17) is 0 Å². The first kappa shape index (κ1) is 37.5. The van der Waals surface area contributed by atoms with E-state index in [0.717, 1.165) is 18.2 Å². The van der Waals surface area contributed by atoms with E-state index in [1.165, 1.54) is 81.4 Å². The maximum atomic E-state index is 14.2. The highest BCUT2D eigenvalue weighted by atomic mass is 32.2. The molecule has 17 heteroatoms. The minimum Gasteiger partial charge on any atom is -0.344 e. The summed E-state index contributed by atoms with van der Waals surface area (Å²) >= 11 is 0. The first-order chi connectivity index (χ1) is 23.4. The van der Waals surface area contributed by atoms with Crippen molar-refractivity contribution in [1.29, 1.82) is 0 Å². The lowest BCUT2D eigenvalue weighted by Crippen LogP contribution is -2.51. The smallest absolute Gasteiger partial charge is 0.344 e. The van der Waals surface area contributed by atoms with Crippen LogP contribution in [0.2, 0.25) is 0 Å².